The topological polar surface area (TPSA) is 116 Å². The molecule has 2 heterocycles. The summed E-state index contributed by atoms with van der Waals surface area (Å²) >= 11 is 1.11. The van der Waals surface area contributed by atoms with E-state index in [1.165, 1.54) is 0 Å². The number of nitrogens with zero attached hydrogens (tertiary/aromatic N) is 2. The summed E-state index contributed by atoms with van der Waals surface area (Å²) in [6.07, 6.45) is -5.12. The molecule has 8 heteroatoms. The molecule has 5 atom stereocenters. The zero-order valence-corrected chi connectivity index (χ0v) is 16.5. The van der Waals surface area contributed by atoms with Gasteiger partial charge in [-0.05, 0) is 6.92 Å². The van der Waals surface area contributed by atoms with Crippen molar-refractivity contribution in [2.24, 2.45) is 0 Å². The number of rotatable bonds is 4. The van der Waals surface area contributed by atoms with Crippen LogP contribution in [0.25, 0.3) is 22.0 Å². The fourth-order valence-electron chi connectivity index (χ4n) is 3.37. The maximum absolute atomic E-state index is 10.3. The van der Waals surface area contributed by atoms with Gasteiger partial charge in [0.15, 0.2) is 0 Å². The van der Waals surface area contributed by atoms with Gasteiger partial charge in [-0.2, -0.15) is 0 Å². The van der Waals surface area contributed by atoms with Crippen molar-refractivity contribution in [2.75, 3.05) is 6.61 Å². The summed E-state index contributed by atoms with van der Waals surface area (Å²) < 4.78 is 5.60. The fourth-order valence-corrected chi connectivity index (χ4v) is 4.48. The van der Waals surface area contributed by atoms with E-state index < -0.39 is 36.5 Å². The molecule has 29 heavy (non-hydrogen) atoms. The first kappa shape index (κ1) is 20.2. The summed E-state index contributed by atoms with van der Waals surface area (Å²) in [6, 6.07) is 15.7. The quantitative estimate of drug-likeness (QED) is 0.508. The lowest BCUT2D eigenvalue weighted by Crippen LogP contribution is -2.57. The van der Waals surface area contributed by atoms with Crippen LogP contribution in [0, 0.1) is 6.92 Å². The molecule has 4 rings (SSSR count). The van der Waals surface area contributed by atoms with Gasteiger partial charge in [-0.3, -0.25) is 0 Å². The minimum Gasteiger partial charge on any atom is -0.394 e. The lowest BCUT2D eigenvalue weighted by atomic mass is 10.0. The van der Waals surface area contributed by atoms with Crippen LogP contribution in [-0.2, 0) is 4.74 Å². The first-order valence-electron chi connectivity index (χ1n) is 9.29. The number of aryl methyl sites for hydroxylation is 1. The Hall–Kier alpha value is -2.07. The number of fused-ring (bicyclic) bond motifs is 1. The standard InChI is InChI=1S/C21H22N2O5S/c1-11-6-8-12(9-7-11)16-13-4-2-3-5-14(13)20(23-22-16)29-21-19(27)18(26)17(25)15(10-24)28-21/h2-9,15,17-19,21,24-27H,10H2,1H3/t15-,17-,18+,19-,21+/m1/s1. The van der Waals surface area contributed by atoms with Crippen molar-refractivity contribution < 1.29 is 25.2 Å². The number of aromatic nitrogens is 2. The summed E-state index contributed by atoms with van der Waals surface area (Å²) in [7, 11) is 0. The Morgan fingerprint density at radius 1 is 0.897 bits per heavy atom. The fraction of sp³-hybridized carbons (Fsp3) is 0.333. The molecule has 0 spiro atoms. The van der Waals surface area contributed by atoms with Crippen molar-refractivity contribution in [3.63, 3.8) is 0 Å². The minimum atomic E-state index is -1.43. The molecular formula is C21H22N2O5S. The van der Waals surface area contributed by atoms with Crippen LogP contribution >= 0.6 is 11.8 Å². The van der Waals surface area contributed by atoms with Gasteiger partial charge in [-0.1, -0.05) is 65.9 Å². The third-order valence-corrected chi connectivity index (χ3v) is 6.20. The lowest BCUT2D eigenvalue weighted by molar-refractivity contribution is -0.205. The minimum absolute atomic E-state index is 0.471. The Balaban J connectivity index is 1.70. The first-order valence-corrected chi connectivity index (χ1v) is 10.2. The molecule has 0 amide bonds. The predicted molar refractivity (Wildman–Crippen MR) is 109 cm³/mol. The Bertz CT molecular complexity index is 998. The second-order valence-electron chi connectivity index (χ2n) is 7.08. The van der Waals surface area contributed by atoms with Crippen molar-refractivity contribution in [1.82, 2.24) is 10.2 Å². The number of hydrogen-bond donors (Lipinski definition) is 4. The first-order chi connectivity index (χ1) is 14.0. The van der Waals surface area contributed by atoms with E-state index in [1.54, 1.807) is 0 Å². The molecule has 0 unspecified atom stereocenters. The Morgan fingerprint density at radius 2 is 1.59 bits per heavy atom. The van der Waals surface area contributed by atoms with Gasteiger partial charge in [-0.15, -0.1) is 10.2 Å². The number of aliphatic hydroxyl groups excluding tert-OH is 4. The second-order valence-corrected chi connectivity index (χ2v) is 8.17. The van der Waals surface area contributed by atoms with Gasteiger partial charge in [0.1, 0.15) is 40.6 Å². The van der Waals surface area contributed by atoms with Gasteiger partial charge in [0, 0.05) is 16.3 Å². The van der Waals surface area contributed by atoms with Crippen LogP contribution in [-0.4, -0.2) is 67.1 Å². The number of ether oxygens (including phenoxy) is 1. The van der Waals surface area contributed by atoms with E-state index in [-0.39, 0.29) is 0 Å². The average molecular weight is 414 g/mol. The zero-order valence-electron chi connectivity index (χ0n) is 15.7. The van der Waals surface area contributed by atoms with Gasteiger partial charge in [0.2, 0.25) is 0 Å². The lowest BCUT2D eigenvalue weighted by Gasteiger charge is -2.39. The van der Waals surface area contributed by atoms with Crippen LogP contribution in [0.5, 0.6) is 0 Å². The van der Waals surface area contributed by atoms with E-state index in [0.29, 0.717) is 5.03 Å². The monoisotopic (exact) mass is 414 g/mol. The molecule has 0 radical (unpaired) electrons. The van der Waals surface area contributed by atoms with Crippen molar-refractivity contribution in [1.29, 1.82) is 0 Å². The molecule has 1 saturated heterocycles. The van der Waals surface area contributed by atoms with E-state index in [9.17, 15) is 20.4 Å². The molecule has 0 saturated carbocycles. The molecule has 7 nitrogen and oxygen atoms in total. The molecule has 3 aromatic rings. The molecule has 4 N–H and O–H groups in total. The van der Waals surface area contributed by atoms with Crippen LogP contribution in [0.15, 0.2) is 53.6 Å². The Labute approximate surface area is 172 Å². The molecule has 152 valence electrons. The highest BCUT2D eigenvalue weighted by Crippen LogP contribution is 2.37. The van der Waals surface area contributed by atoms with E-state index in [4.69, 9.17) is 4.74 Å². The van der Waals surface area contributed by atoms with Crippen LogP contribution in [0.4, 0.5) is 0 Å². The number of thioether (sulfide) groups is 1. The van der Waals surface area contributed by atoms with Crippen molar-refractivity contribution >= 4 is 22.5 Å². The molecule has 1 fully saturated rings. The van der Waals surface area contributed by atoms with E-state index in [2.05, 4.69) is 10.2 Å². The Kier molecular flexibility index (Phi) is 5.82. The zero-order chi connectivity index (χ0) is 20.5. The van der Waals surface area contributed by atoms with Gasteiger partial charge in [0.05, 0.1) is 6.61 Å². The normalized spacial score (nSPS) is 27.3. The summed E-state index contributed by atoms with van der Waals surface area (Å²) in [4.78, 5) is 0. The number of benzene rings is 2. The van der Waals surface area contributed by atoms with Gasteiger partial charge < -0.3 is 25.2 Å². The second kappa shape index (κ2) is 8.35. The number of aliphatic hydroxyl groups is 4. The Morgan fingerprint density at radius 3 is 2.28 bits per heavy atom. The third-order valence-electron chi connectivity index (χ3n) is 5.05. The van der Waals surface area contributed by atoms with Crippen LogP contribution in [0.1, 0.15) is 5.56 Å². The van der Waals surface area contributed by atoms with Crippen LogP contribution in [0.3, 0.4) is 0 Å². The molecule has 0 bridgehead atoms. The average Bonchev–Trinajstić information content (AvgIpc) is 2.75. The summed E-state index contributed by atoms with van der Waals surface area (Å²) in [6.45, 7) is 1.55. The smallest absolute Gasteiger partial charge is 0.138 e. The molecule has 2 aromatic carbocycles. The largest absolute Gasteiger partial charge is 0.394 e. The molecular weight excluding hydrogens is 392 g/mol. The molecule has 0 aliphatic carbocycles. The van der Waals surface area contributed by atoms with Crippen molar-refractivity contribution in [3.8, 4) is 11.3 Å². The van der Waals surface area contributed by atoms with Gasteiger partial charge in [0.25, 0.3) is 0 Å². The highest BCUT2D eigenvalue weighted by molar-refractivity contribution is 8.00. The van der Waals surface area contributed by atoms with Gasteiger partial charge in [-0.25, -0.2) is 0 Å². The van der Waals surface area contributed by atoms with E-state index in [0.717, 1.165) is 39.4 Å². The van der Waals surface area contributed by atoms with E-state index in [1.807, 2.05) is 55.5 Å². The van der Waals surface area contributed by atoms with Crippen LogP contribution in [0.2, 0.25) is 0 Å². The molecule has 1 aromatic heterocycles. The SMILES string of the molecule is Cc1ccc(-c2nnc(S[C@@H]3O[C@H](CO)[C@@H](O)[C@H](O)[C@H]3O)c3ccccc23)cc1. The third kappa shape index (κ3) is 3.87. The van der Waals surface area contributed by atoms with Crippen LogP contribution < -0.4 is 0 Å². The summed E-state index contributed by atoms with van der Waals surface area (Å²) in [5.74, 6) is 0. The molecule has 1 aliphatic heterocycles. The summed E-state index contributed by atoms with van der Waals surface area (Å²) in [5.41, 5.74) is 1.94. The maximum atomic E-state index is 10.3. The van der Waals surface area contributed by atoms with Crippen molar-refractivity contribution in [2.45, 2.75) is 41.8 Å². The van der Waals surface area contributed by atoms with E-state index >= 15 is 0 Å². The maximum Gasteiger partial charge on any atom is 0.138 e. The predicted octanol–water partition coefficient (Wildman–Crippen LogP) is 1.50. The highest BCUT2D eigenvalue weighted by atomic mass is 32.2. The van der Waals surface area contributed by atoms with Crippen molar-refractivity contribution in [3.05, 3.63) is 54.1 Å². The number of hydrogen-bond acceptors (Lipinski definition) is 8. The summed E-state index contributed by atoms with van der Waals surface area (Å²) in [5, 5.41) is 50.7. The highest BCUT2D eigenvalue weighted by Gasteiger charge is 2.44. The van der Waals surface area contributed by atoms with Gasteiger partial charge >= 0.3 is 0 Å². The molecule has 1 aliphatic rings.